The summed E-state index contributed by atoms with van der Waals surface area (Å²) in [7, 11) is 0. The van der Waals surface area contributed by atoms with Crippen molar-refractivity contribution in [3.8, 4) is 0 Å². The summed E-state index contributed by atoms with van der Waals surface area (Å²) in [5.74, 6) is 0.978. The molecule has 1 atom stereocenters. The molecule has 0 bridgehead atoms. The summed E-state index contributed by atoms with van der Waals surface area (Å²) in [4.78, 5) is 5.55. The molecule has 0 amide bonds. The van der Waals surface area contributed by atoms with E-state index in [1.807, 2.05) is 19.2 Å². The Labute approximate surface area is 113 Å². The van der Waals surface area contributed by atoms with Crippen LogP contribution in [0.15, 0.2) is 47.5 Å². The van der Waals surface area contributed by atoms with E-state index in [0.717, 1.165) is 11.4 Å². The Bertz CT molecular complexity index is 506. The van der Waals surface area contributed by atoms with Gasteiger partial charge in [-0.25, -0.2) is 0 Å². The van der Waals surface area contributed by atoms with E-state index < -0.39 is 0 Å². The Hall–Kier alpha value is -1.32. The van der Waals surface area contributed by atoms with Crippen molar-refractivity contribution in [2.24, 2.45) is 5.73 Å². The highest BCUT2D eigenvalue weighted by atomic mass is 32.2. The summed E-state index contributed by atoms with van der Waals surface area (Å²) in [6.45, 7) is 4.09. The molecule has 18 heavy (non-hydrogen) atoms. The second-order valence-corrected chi connectivity index (χ2v) is 5.47. The lowest BCUT2D eigenvalue weighted by molar-refractivity contribution is 0.777. The van der Waals surface area contributed by atoms with Crippen molar-refractivity contribution in [2.75, 3.05) is 0 Å². The van der Waals surface area contributed by atoms with E-state index in [1.54, 1.807) is 11.8 Å². The van der Waals surface area contributed by atoms with Crippen molar-refractivity contribution in [1.82, 2.24) is 4.98 Å². The zero-order chi connectivity index (χ0) is 13.0. The summed E-state index contributed by atoms with van der Waals surface area (Å²) < 4.78 is 0. The molecular weight excluding hydrogens is 240 g/mol. The molecule has 1 aromatic carbocycles. The molecule has 0 saturated carbocycles. The molecule has 0 aliphatic carbocycles. The van der Waals surface area contributed by atoms with Crippen LogP contribution in [-0.2, 0) is 5.75 Å². The van der Waals surface area contributed by atoms with Crippen molar-refractivity contribution in [2.45, 2.75) is 30.5 Å². The predicted molar refractivity (Wildman–Crippen MR) is 77.6 cm³/mol. The molecule has 3 heteroatoms. The fourth-order valence-corrected chi connectivity index (χ4v) is 2.62. The molecule has 0 aliphatic heterocycles. The van der Waals surface area contributed by atoms with Crippen LogP contribution in [0.4, 0.5) is 0 Å². The lowest BCUT2D eigenvalue weighted by Gasteiger charge is -2.07. The highest BCUT2D eigenvalue weighted by Crippen LogP contribution is 2.24. The Balaban J connectivity index is 2.00. The average Bonchev–Trinajstić information content (AvgIpc) is 2.38. The van der Waals surface area contributed by atoms with Gasteiger partial charge in [-0.2, -0.15) is 0 Å². The number of nitrogens with two attached hydrogens (primary N) is 1. The third kappa shape index (κ3) is 3.34. The maximum atomic E-state index is 5.78. The third-order valence-electron chi connectivity index (χ3n) is 2.88. The predicted octanol–water partition coefficient (Wildman–Crippen LogP) is 3.70. The first kappa shape index (κ1) is 13.1. The molecule has 0 unspecified atom stereocenters. The van der Waals surface area contributed by atoms with E-state index in [2.05, 4.69) is 42.2 Å². The number of aryl methyl sites for hydroxylation is 1. The van der Waals surface area contributed by atoms with Crippen LogP contribution in [0.2, 0.25) is 0 Å². The summed E-state index contributed by atoms with van der Waals surface area (Å²) in [5.41, 5.74) is 9.43. The Morgan fingerprint density at radius 1 is 1.22 bits per heavy atom. The Morgan fingerprint density at radius 3 is 2.61 bits per heavy atom. The van der Waals surface area contributed by atoms with Crippen molar-refractivity contribution >= 4 is 11.8 Å². The number of thioether (sulfide) groups is 1. The number of pyridine rings is 1. The quantitative estimate of drug-likeness (QED) is 0.850. The fraction of sp³-hybridized carbons (Fsp3) is 0.267. The lowest BCUT2D eigenvalue weighted by atomic mass is 10.1. The topological polar surface area (TPSA) is 38.9 Å². The van der Waals surface area contributed by atoms with Crippen molar-refractivity contribution in [3.05, 3.63) is 59.4 Å². The summed E-state index contributed by atoms with van der Waals surface area (Å²) in [6.07, 6.45) is 1.90. The summed E-state index contributed by atoms with van der Waals surface area (Å²) >= 11 is 1.80. The van der Waals surface area contributed by atoms with Crippen LogP contribution >= 0.6 is 11.8 Å². The molecule has 0 aliphatic rings. The molecule has 2 nitrogen and oxygen atoms in total. The van der Waals surface area contributed by atoms with Crippen LogP contribution in [0.3, 0.4) is 0 Å². The SMILES string of the molecule is Cc1ccccc1CSc1ccc([C@H](C)N)nc1. The van der Waals surface area contributed by atoms with Gasteiger partial charge in [-0.15, -0.1) is 11.8 Å². The third-order valence-corrected chi connectivity index (χ3v) is 3.91. The number of nitrogens with zero attached hydrogens (tertiary/aromatic N) is 1. The first-order valence-corrected chi connectivity index (χ1v) is 7.04. The van der Waals surface area contributed by atoms with Crippen LogP contribution < -0.4 is 5.73 Å². The van der Waals surface area contributed by atoms with Crippen molar-refractivity contribution in [3.63, 3.8) is 0 Å². The smallest absolute Gasteiger partial charge is 0.0569 e. The van der Waals surface area contributed by atoms with Gasteiger partial charge in [-0.05, 0) is 37.1 Å². The van der Waals surface area contributed by atoms with Crippen LogP contribution in [-0.4, -0.2) is 4.98 Å². The van der Waals surface area contributed by atoms with E-state index in [9.17, 15) is 0 Å². The van der Waals surface area contributed by atoms with Crippen molar-refractivity contribution < 1.29 is 0 Å². The second-order valence-electron chi connectivity index (χ2n) is 4.42. The van der Waals surface area contributed by atoms with Gasteiger partial charge in [-0.3, -0.25) is 4.98 Å². The van der Waals surface area contributed by atoms with Crippen molar-refractivity contribution in [1.29, 1.82) is 0 Å². The standard InChI is InChI=1S/C15H18N2S/c1-11-5-3-4-6-13(11)10-18-14-7-8-15(12(2)16)17-9-14/h3-9,12H,10,16H2,1-2H3/t12-/m0/s1. The van der Waals surface area contributed by atoms with Crippen LogP contribution in [0.5, 0.6) is 0 Å². The molecule has 0 fully saturated rings. The molecule has 1 heterocycles. The van der Waals surface area contributed by atoms with Gasteiger partial charge in [0, 0.05) is 22.9 Å². The molecule has 1 aromatic heterocycles. The Kier molecular flexibility index (Phi) is 4.39. The fourth-order valence-electron chi connectivity index (χ4n) is 1.68. The normalized spacial score (nSPS) is 12.4. The first-order valence-electron chi connectivity index (χ1n) is 6.05. The first-order chi connectivity index (χ1) is 8.66. The van der Waals surface area contributed by atoms with Gasteiger partial charge in [0.25, 0.3) is 0 Å². The second kappa shape index (κ2) is 6.03. The van der Waals surface area contributed by atoms with Gasteiger partial charge in [-0.1, -0.05) is 24.3 Å². The van der Waals surface area contributed by atoms with E-state index >= 15 is 0 Å². The molecule has 94 valence electrons. The highest BCUT2D eigenvalue weighted by molar-refractivity contribution is 7.98. The van der Waals surface area contributed by atoms with E-state index in [1.165, 1.54) is 16.0 Å². The van der Waals surface area contributed by atoms with E-state index in [0.29, 0.717) is 0 Å². The van der Waals surface area contributed by atoms with Gasteiger partial charge in [0.1, 0.15) is 0 Å². The number of hydrogen-bond donors (Lipinski definition) is 1. The zero-order valence-corrected chi connectivity index (χ0v) is 11.6. The van der Waals surface area contributed by atoms with Gasteiger partial charge in [0.2, 0.25) is 0 Å². The monoisotopic (exact) mass is 258 g/mol. The molecule has 2 N–H and O–H groups in total. The number of rotatable bonds is 4. The van der Waals surface area contributed by atoms with Gasteiger partial charge in [0.15, 0.2) is 0 Å². The maximum Gasteiger partial charge on any atom is 0.0569 e. The Morgan fingerprint density at radius 2 is 2.00 bits per heavy atom. The number of benzene rings is 1. The molecule has 0 saturated heterocycles. The van der Waals surface area contributed by atoms with E-state index in [-0.39, 0.29) is 6.04 Å². The minimum atomic E-state index is 0.000387. The highest BCUT2D eigenvalue weighted by Gasteiger charge is 2.02. The zero-order valence-electron chi connectivity index (χ0n) is 10.8. The number of aromatic nitrogens is 1. The lowest BCUT2D eigenvalue weighted by Crippen LogP contribution is -2.06. The summed E-state index contributed by atoms with van der Waals surface area (Å²) in [5, 5.41) is 0. The molecule has 2 aromatic rings. The van der Waals surface area contributed by atoms with Gasteiger partial charge < -0.3 is 5.73 Å². The van der Waals surface area contributed by atoms with Crippen LogP contribution in [0.25, 0.3) is 0 Å². The van der Waals surface area contributed by atoms with Crippen LogP contribution in [0.1, 0.15) is 29.8 Å². The molecule has 0 spiro atoms. The minimum absolute atomic E-state index is 0.000387. The minimum Gasteiger partial charge on any atom is -0.323 e. The van der Waals surface area contributed by atoms with Gasteiger partial charge >= 0.3 is 0 Å². The molecular formula is C15H18N2S. The largest absolute Gasteiger partial charge is 0.323 e. The molecule has 2 rings (SSSR count). The summed E-state index contributed by atoms with van der Waals surface area (Å²) in [6, 6.07) is 12.6. The van der Waals surface area contributed by atoms with E-state index in [4.69, 9.17) is 5.73 Å². The van der Waals surface area contributed by atoms with Gasteiger partial charge in [0.05, 0.1) is 5.69 Å². The maximum absolute atomic E-state index is 5.78. The molecule has 0 radical (unpaired) electrons. The van der Waals surface area contributed by atoms with Crippen LogP contribution in [0, 0.1) is 6.92 Å². The number of hydrogen-bond acceptors (Lipinski definition) is 3. The average molecular weight is 258 g/mol.